The molecule has 0 fully saturated rings. The zero-order chi connectivity index (χ0) is 10.4. The Labute approximate surface area is 77.1 Å². The van der Waals surface area contributed by atoms with E-state index in [-0.39, 0.29) is 11.7 Å². The Morgan fingerprint density at radius 3 is 2.08 bits per heavy atom. The number of hydrogen-bond acceptors (Lipinski definition) is 3. The molecule has 0 aliphatic heterocycles. The van der Waals surface area contributed by atoms with E-state index in [1.807, 2.05) is 13.8 Å². The van der Waals surface area contributed by atoms with Gasteiger partial charge in [0, 0.05) is 5.92 Å². The Hall–Kier alpha value is -1.50. The first-order valence-electron chi connectivity index (χ1n) is 4.14. The summed E-state index contributed by atoms with van der Waals surface area (Å²) in [5.41, 5.74) is -0.547. The van der Waals surface area contributed by atoms with Gasteiger partial charge >= 0.3 is 5.97 Å². The van der Waals surface area contributed by atoms with Crippen LogP contribution in [0.2, 0.25) is 0 Å². The van der Waals surface area contributed by atoms with Gasteiger partial charge in [0.1, 0.15) is 11.8 Å². The summed E-state index contributed by atoms with van der Waals surface area (Å²) in [6.07, 6.45) is 1.25. The quantitative estimate of drug-likeness (QED) is 0.396. The van der Waals surface area contributed by atoms with Crippen molar-refractivity contribution in [3.05, 3.63) is 11.3 Å². The van der Waals surface area contributed by atoms with Crippen LogP contribution >= 0.6 is 0 Å². The van der Waals surface area contributed by atoms with E-state index in [1.54, 1.807) is 0 Å². The maximum Gasteiger partial charge on any atom is 0.349 e. The minimum absolute atomic E-state index is 0.231. The van der Waals surface area contributed by atoms with Gasteiger partial charge in [0.25, 0.3) is 0 Å². The third kappa shape index (κ3) is 2.79. The van der Waals surface area contributed by atoms with Crippen molar-refractivity contribution >= 4 is 5.97 Å². The molecule has 0 aliphatic carbocycles. The third-order valence-corrected chi connectivity index (χ3v) is 1.95. The van der Waals surface area contributed by atoms with E-state index in [1.165, 1.54) is 6.07 Å². The molecule has 4 nitrogen and oxygen atoms in total. The van der Waals surface area contributed by atoms with Crippen LogP contribution in [-0.4, -0.2) is 16.2 Å². The van der Waals surface area contributed by atoms with Crippen molar-refractivity contribution in [3.8, 4) is 6.07 Å². The SMILES string of the molecule is CCC(CC)/C(O)=C(/C#N)C(=O)O. The summed E-state index contributed by atoms with van der Waals surface area (Å²) in [6.45, 7) is 3.67. The molecule has 0 spiro atoms. The standard InChI is InChI=1S/C9H13NO3/c1-3-6(4-2)8(11)7(5-10)9(12)13/h6,11H,3-4H2,1-2H3,(H,12,13)/b8-7+. The predicted octanol–water partition coefficient (Wildman–Crippen LogP) is 1.84. The van der Waals surface area contributed by atoms with Gasteiger partial charge in [-0.1, -0.05) is 13.8 Å². The summed E-state index contributed by atoms with van der Waals surface area (Å²) in [5, 5.41) is 26.4. The normalized spacial score (nSPS) is 12.2. The van der Waals surface area contributed by atoms with Gasteiger partial charge in [-0.15, -0.1) is 0 Å². The molecule has 0 atom stereocenters. The molecule has 0 unspecified atom stereocenters. The van der Waals surface area contributed by atoms with Gasteiger partial charge in [-0.3, -0.25) is 0 Å². The molecule has 0 rings (SSSR count). The molecule has 0 radical (unpaired) electrons. The van der Waals surface area contributed by atoms with Crippen LogP contribution in [0.1, 0.15) is 26.7 Å². The van der Waals surface area contributed by atoms with Crippen molar-refractivity contribution in [2.45, 2.75) is 26.7 Å². The number of carbonyl (C=O) groups is 1. The molecule has 0 saturated carbocycles. The molecular formula is C9H13NO3. The molecule has 72 valence electrons. The number of carboxylic acid groups (broad SMARTS) is 1. The van der Waals surface area contributed by atoms with Crippen molar-refractivity contribution in [2.75, 3.05) is 0 Å². The highest BCUT2D eigenvalue weighted by molar-refractivity contribution is 5.91. The Morgan fingerprint density at radius 2 is 1.85 bits per heavy atom. The zero-order valence-electron chi connectivity index (χ0n) is 7.74. The number of nitrogens with zero attached hydrogens (tertiary/aromatic N) is 1. The first-order chi connectivity index (χ1) is 6.08. The highest BCUT2D eigenvalue weighted by Crippen LogP contribution is 2.19. The van der Waals surface area contributed by atoms with Crippen molar-refractivity contribution in [2.24, 2.45) is 5.92 Å². The van der Waals surface area contributed by atoms with Gasteiger partial charge in [0.2, 0.25) is 0 Å². The Balaban J connectivity index is 4.96. The average Bonchev–Trinajstić information content (AvgIpc) is 2.07. The van der Waals surface area contributed by atoms with Gasteiger partial charge in [-0.05, 0) is 12.8 Å². The molecular weight excluding hydrogens is 170 g/mol. The van der Waals surface area contributed by atoms with Crippen molar-refractivity contribution in [3.63, 3.8) is 0 Å². The Bertz CT molecular complexity index is 259. The fourth-order valence-electron chi connectivity index (χ4n) is 1.09. The van der Waals surface area contributed by atoms with Crippen LogP contribution in [-0.2, 0) is 4.79 Å². The largest absolute Gasteiger partial charge is 0.510 e. The molecule has 0 heterocycles. The van der Waals surface area contributed by atoms with E-state index >= 15 is 0 Å². The second kappa shape index (κ2) is 5.20. The van der Waals surface area contributed by atoms with Crippen LogP contribution in [0.15, 0.2) is 11.3 Å². The fourth-order valence-corrected chi connectivity index (χ4v) is 1.09. The molecule has 0 aliphatic rings. The topological polar surface area (TPSA) is 81.3 Å². The summed E-state index contributed by atoms with van der Waals surface area (Å²) in [7, 11) is 0. The summed E-state index contributed by atoms with van der Waals surface area (Å²) < 4.78 is 0. The van der Waals surface area contributed by atoms with E-state index in [2.05, 4.69) is 0 Å². The summed E-state index contributed by atoms with van der Waals surface area (Å²) in [4.78, 5) is 10.5. The van der Waals surface area contributed by atoms with Crippen molar-refractivity contribution < 1.29 is 15.0 Å². The number of aliphatic hydroxyl groups excluding tert-OH is 1. The number of rotatable bonds is 4. The Morgan fingerprint density at radius 1 is 1.38 bits per heavy atom. The predicted molar refractivity (Wildman–Crippen MR) is 47.0 cm³/mol. The number of aliphatic carboxylic acids is 1. The molecule has 0 saturated heterocycles. The van der Waals surface area contributed by atoms with Crippen LogP contribution in [0.5, 0.6) is 0 Å². The molecule has 4 heteroatoms. The lowest BCUT2D eigenvalue weighted by molar-refractivity contribution is -0.132. The molecule has 0 amide bonds. The average molecular weight is 183 g/mol. The maximum atomic E-state index is 10.5. The van der Waals surface area contributed by atoms with Crippen molar-refractivity contribution in [1.82, 2.24) is 0 Å². The summed E-state index contributed by atoms with van der Waals surface area (Å²) in [5.74, 6) is -1.90. The van der Waals surface area contributed by atoms with E-state index in [0.29, 0.717) is 12.8 Å². The van der Waals surface area contributed by atoms with E-state index < -0.39 is 11.5 Å². The molecule has 0 aromatic rings. The minimum atomic E-state index is -1.37. The van der Waals surface area contributed by atoms with Crippen LogP contribution in [0.3, 0.4) is 0 Å². The number of hydrogen-bond donors (Lipinski definition) is 2. The number of nitriles is 1. The minimum Gasteiger partial charge on any atom is -0.510 e. The first-order valence-corrected chi connectivity index (χ1v) is 4.14. The lowest BCUT2D eigenvalue weighted by atomic mass is 9.98. The molecule has 13 heavy (non-hydrogen) atoms. The van der Waals surface area contributed by atoms with E-state index in [9.17, 15) is 9.90 Å². The lowest BCUT2D eigenvalue weighted by Crippen LogP contribution is -2.09. The summed E-state index contributed by atoms with van der Waals surface area (Å²) >= 11 is 0. The van der Waals surface area contributed by atoms with Crippen LogP contribution in [0.25, 0.3) is 0 Å². The monoisotopic (exact) mass is 183 g/mol. The second-order valence-electron chi connectivity index (χ2n) is 2.69. The van der Waals surface area contributed by atoms with Gasteiger partial charge in [0.05, 0.1) is 0 Å². The molecule has 0 bridgehead atoms. The Kier molecular flexibility index (Phi) is 4.60. The summed E-state index contributed by atoms with van der Waals surface area (Å²) in [6, 6.07) is 1.48. The van der Waals surface area contributed by atoms with Gasteiger partial charge in [-0.25, -0.2) is 4.79 Å². The van der Waals surface area contributed by atoms with E-state index in [4.69, 9.17) is 10.4 Å². The molecule has 2 N–H and O–H groups in total. The fraction of sp³-hybridized carbons (Fsp3) is 0.556. The molecule has 0 aromatic heterocycles. The van der Waals surface area contributed by atoms with Crippen molar-refractivity contribution in [1.29, 1.82) is 5.26 Å². The highest BCUT2D eigenvalue weighted by Gasteiger charge is 2.19. The number of aliphatic hydroxyl groups is 1. The van der Waals surface area contributed by atoms with Gasteiger partial charge in [-0.2, -0.15) is 5.26 Å². The van der Waals surface area contributed by atoms with E-state index in [0.717, 1.165) is 0 Å². The number of allylic oxidation sites excluding steroid dienone is 1. The van der Waals surface area contributed by atoms with Crippen LogP contribution < -0.4 is 0 Å². The van der Waals surface area contributed by atoms with Crippen LogP contribution in [0, 0.1) is 17.2 Å². The third-order valence-electron chi connectivity index (χ3n) is 1.95. The van der Waals surface area contributed by atoms with Gasteiger partial charge in [0.15, 0.2) is 5.57 Å². The second-order valence-corrected chi connectivity index (χ2v) is 2.69. The highest BCUT2D eigenvalue weighted by atomic mass is 16.4. The van der Waals surface area contributed by atoms with Gasteiger partial charge < -0.3 is 10.2 Å². The molecule has 0 aromatic carbocycles. The van der Waals surface area contributed by atoms with Crippen LogP contribution in [0.4, 0.5) is 0 Å². The lowest BCUT2D eigenvalue weighted by Gasteiger charge is -2.11. The maximum absolute atomic E-state index is 10.5. The number of carboxylic acids is 1. The first kappa shape index (κ1) is 11.5. The zero-order valence-corrected chi connectivity index (χ0v) is 7.74. The smallest absolute Gasteiger partial charge is 0.349 e.